The SMILES string of the molecule is C=CCNC(=O)COCCOC. The van der Waals surface area contributed by atoms with Crippen LogP contribution >= 0.6 is 0 Å². The van der Waals surface area contributed by atoms with Gasteiger partial charge in [-0.2, -0.15) is 0 Å². The third kappa shape index (κ3) is 7.24. The molecule has 0 radical (unpaired) electrons. The number of hydrogen-bond donors (Lipinski definition) is 1. The highest BCUT2D eigenvalue weighted by atomic mass is 16.5. The largest absolute Gasteiger partial charge is 0.382 e. The van der Waals surface area contributed by atoms with Gasteiger partial charge < -0.3 is 14.8 Å². The van der Waals surface area contributed by atoms with Crippen molar-refractivity contribution < 1.29 is 14.3 Å². The molecule has 0 atom stereocenters. The Labute approximate surface area is 72.5 Å². The molecule has 0 aromatic carbocycles. The van der Waals surface area contributed by atoms with Crippen LogP contribution in [0, 0.1) is 0 Å². The summed E-state index contributed by atoms with van der Waals surface area (Å²) in [5.41, 5.74) is 0. The molecule has 0 aliphatic rings. The summed E-state index contributed by atoms with van der Waals surface area (Å²) >= 11 is 0. The van der Waals surface area contributed by atoms with Crippen LogP contribution in [0.25, 0.3) is 0 Å². The number of rotatable bonds is 7. The van der Waals surface area contributed by atoms with Crippen molar-refractivity contribution in [3.8, 4) is 0 Å². The minimum absolute atomic E-state index is 0.0806. The topological polar surface area (TPSA) is 47.6 Å². The Kier molecular flexibility index (Phi) is 7.63. The fraction of sp³-hybridized carbons (Fsp3) is 0.625. The second-order valence-electron chi connectivity index (χ2n) is 2.14. The Morgan fingerprint density at radius 3 is 2.92 bits per heavy atom. The standard InChI is InChI=1S/C8H15NO3/c1-3-4-9-8(10)7-12-6-5-11-2/h3H,1,4-7H2,2H3,(H,9,10). The molecule has 0 saturated heterocycles. The van der Waals surface area contributed by atoms with E-state index in [1.54, 1.807) is 13.2 Å². The van der Waals surface area contributed by atoms with Crippen molar-refractivity contribution in [2.75, 3.05) is 33.5 Å². The van der Waals surface area contributed by atoms with Gasteiger partial charge in [-0.25, -0.2) is 0 Å². The molecule has 0 heterocycles. The van der Waals surface area contributed by atoms with E-state index in [-0.39, 0.29) is 12.5 Å². The van der Waals surface area contributed by atoms with Crippen LogP contribution in [-0.2, 0) is 14.3 Å². The molecule has 1 amide bonds. The van der Waals surface area contributed by atoms with E-state index < -0.39 is 0 Å². The van der Waals surface area contributed by atoms with Gasteiger partial charge in [0.2, 0.25) is 5.91 Å². The van der Waals surface area contributed by atoms with Crippen molar-refractivity contribution >= 4 is 5.91 Å². The van der Waals surface area contributed by atoms with E-state index in [1.807, 2.05) is 0 Å². The van der Waals surface area contributed by atoms with Crippen molar-refractivity contribution in [3.05, 3.63) is 12.7 Å². The summed E-state index contributed by atoms with van der Waals surface area (Å²) in [5, 5.41) is 2.59. The lowest BCUT2D eigenvalue weighted by Crippen LogP contribution is -2.28. The number of carbonyl (C=O) groups excluding carboxylic acids is 1. The number of methoxy groups -OCH3 is 1. The molecule has 0 rings (SSSR count). The Morgan fingerprint density at radius 2 is 2.33 bits per heavy atom. The third-order valence-corrected chi connectivity index (χ3v) is 1.11. The first-order valence-electron chi connectivity index (χ1n) is 3.75. The van der Waals surface area contributed by atoms with Gasteiger partial charge in [0, 0.05) is 13.7 Å². The van der Waals surface area contributed by atoms with E-state index in [4.69, 9.17) is 9.47 Å². The van der Waals surface area contributed by atoms with Gasteiger partial charge in [0.15, 0.2) is 0 Å². The van der Waals surface area contributed by atoms with E-state index in [0.29, 0.717) is 19.8 Å². The van der Waals surface area contributed by atoms with Crippen LogP contribution in [0.1, 0.15) is 0 Å². The zero-order valence-electron chi connectivity index (χ0n) is 7.34. The van der Waals surface area contributed by atoms with Gasteiger partial charge in [0.25, 0.3) is 0 Å². The summed E-state index contributed by atoms with van der Waals surface area (Å²) in [6, 6.07) is 0. The highest BCUT2D eigenvalue weighted by molar-refractivity contribution is 5.77. The number of carbonyl (C=O) groups is 1. The molecule has 0 bridgehead atoms. The van der Waals surface area contributed by atoms with Crippen LogP contribution in [0.5, 0.6) is 0 Å². The second kappa shape index (κ2) is 8.23. The molecule has 4 nitrogen and oxygen atoms in total. The summed E-state index contributed by atoms with van der Waals surface area (Å²) in [6.45, 7) is 4.98. The maximum atomic E-state index is 10.8. The molecule has 0 aliphatic heterocycles. The minimum Gasteiger partial charge on any atom is -0.382 e. The van der Waals surface area contributed by atoms with Crippen LogP contribution in [0.15, 0.2) is 12.7 Å². The molecule has 0 aromatic heterocycles. The molecule has 0 saturated carbocycles. The molecule has 0 aliphatic carbocycles. The van der Waals surface area contributed by atoms with Crippen LogP contribution < -0.4 is 5.32 Å². The van der Waals surface area contributed by atoms with Gasteiger partial charge >= 0.3 is 0 Å². The summed E-state index contributed by atoms with van der Waals surface area (Å²) < 4.78 is 9.69. The number of nitrogens with one attached hydrogen (secondary N) is 1. The molecule has 4 heteroatoms. The summed E-state index contributed by atoms with van der Waals surface area (Å²) in [5.74, 6) is -0.133. The lowest BCUT2D eigenvalue weighted by Gasteiger charge is -2.03. The van der Waals surface area contributed by atoms with Gasteiger partial charge in [-0.05, 0) is 0 Å². The molecule has 0 fully saturated rings. The number of hydrogen-bond acceptors (Lipinski definition) is 3. The van der Waals surface area contributed by atoms with Crippen molar-refractivity contribution in [2.24, 2.45) is 0 Å². The zero-order chi connectivity index (χ0) is 9.23. The highest BCUT2D eigenvalue weighted by Gasteiger charge is 1.97. The van der Waals surface area contributed by atoms with E-state index in [1.165, 1.54) is 0 Å². The normalized spacial score (nSPS) is 9.42. The van der Waals surface area contributed by atoms with Gasteiger partial charge in [0.1, 0.15) is 6.61 Å². The van der Waals surface area contributed by atoms with Crippen LogP contribution in [0.2, 0.25) is 0 Å². The maximum absolute atomic E-state index is 10.8. The van der Waals surface area contributed by atoms with Crippen LogP contribution in [0.3, 0.4) is 0 Å². The van der Waals surface area contributed by atoms with Crippen molar-refractivity contribution in [3.63, 3.8) is 0 Å². The van der Waals surface area contributed by atoms with E-state index in [9.17, 15) is 4.79 Å². The van der Waals surface area contributed by atoms with Crippen molar-refractivity contribution in [1.82, 2.24) is 5.32 Å². The van der Waals surface area contributed by atoms with Crippen molar-refractivity contribution in [2.45, 2.75) is 0 Å². The molecule has 0 aromatic rings. The fourth-order valence-corrected chi connectivity index (χ4v) is 0.544. The highest BCUT2D eigenvalue weighted by Crippen LogP contribution is 1.76. The fourth-order valence-electron chi connectivity index (χ4n) is 0.544. The van der Waals surface area contributed by atoms with Gasteiger partial charge in [-0.15, -0.1) is 6.58 Å². The second-order valence-corrected chi connectivity index (χ2v) is 2.14. The van der Waals surface area contributed by atoms with Gasteiger partial charge in [0.05, 0.1) is 13.2 Å². The average molecular weight is 173 g/mol. The first-order valence-corrected chi connectivity index (χ1v) is 3.75. The molecule has 0 spiro atoms. The van der Waals surface area contributed by atoms with Gasteiger partial charge in [-0.3, -0.25) is 4.79 Å². The Hall–Kier alpha value is -0.870. The molecule has 70 valence electrons. The quantitative estimate of drug-likeness (QED) is 0.434. The molecule has 0 unspecified atom stereocenters. The Balaban J connectivity index is 3.13. The average Bonchev–Trinajstić information content (AvgIpc) is 2.09. The maximum Gasteiger partial charge on any atom is 0.246 e. The van der Waals surface area contributed by atoms with E-state index in [2.05, 4.69) is 11.9 Å². The zero-order valence-corrected chi connectivity index (χ0v) is 7.34. The number of amides is 1. The molecular formula is C8H15NO3. The lowest BCUT2D eigenvalue weighted by atomic mass is 10.5. The smallest absolute Gasteiger partial charge is 0.246 e. The van der Waals surface area contributed by atoms with Gasteiger partial charge in [-0.1, -0.05) is 6.08 Å². The lowest BCUT2D eigenvalue weighted by molar-refractivity contribution is -0.125. The van der Waals surface area contributed by atoms with Crippen LogP contribution in [0.4, 0.5) is 0 Å². The predicted octanol–water partition coefficient (Wildman–Crippen LogP) is -0.0484. The summed E-state index contributed by atoms with van der Waals surface area (Å²) in [4.78, 5) is 10.8. The molecular weight excluding hydrogens is 158 g/mol. The Morgan fingerprint density at radius 1 is 1.58 bits per heavy atom. The van der Waals surface area contributed by atoms with Crippen LogP contribution in [-0.4, -0.2) is 39.4 Å². The molecule has 12 heavy (non-hydrogen) atoms. The monoisotopic (exact) mass is 173 g/mol. The number of ether oxygens (including phenoxy) is 2. The summed E-state index contributed by atoms with van der Waals surface area (Å²) in [6.07, 6.45) is 1.62. The predicted molar refractivity (Wildman–Crippen MR) is 45.9 cm³/mol. The van der Waals surface area contributed by atoms with E-state index in [0.717, 1.165) is 0 Å². The molecule has 1 N–H and O–H groups in total. The first-order chi connectivity index (χ1) is 5.81. The minimum atomic E-state index is -0.133. The summed E-state index contributed by atoms with van der Waals surface area (Å²) in [7, 11) is 1.58. The Bertz CT molecular complexity index is 136. The van der Waals surface area contributed by atoms with Crippen molar-refractivity contribution in [1.29, 1.82) is 0 Å². The third-order valence-electron chi connectivity index (χ3n) is 1.11. The van der Waals surface area contributed by atoms with E-state index >= 15 is 0 Å². The first kappa shape index (κ1) is 11.1.